The summed E-state index contributed by atoms with van der Waals surface area (Å²) in [5.41, 5.74) is 2.69. The minimum atomic E-state index is 0. The number of halogens is 1. The Morgan fingerprint density at radius 2 is 1.75 bits per heavy atom. The molecule has 0 bridgehead atoms. The summed E-state index contributed by atoms with van der Waals surface area (Å²) in [6.07, 6.45) is 4.23. The van der Waals surface area contributed by atoms with Crippen molar-refractivity contribution in [3.8, 4) is 5.75 Å². The number of hydrogen-bond donors (Lipinski definition) is 2. The van der Waals surface area contributed by atoms with Gasteiger partial charge in [-0.05, 0) is 67.4 Å². The number of ether oxygens (including phenoxy) is 1. The number of hydrogen-bond acceptors (Lipinski definition) is 3. The predicted molar refractivity (Wildman–Crippen MR) is 114 cm³/mol. The highest BCUT2D eigenvalue weighted by Gasteiger charge is 2.57. The van der Waals surface area contributed by atoms with Crippen molar-refractivity contribution in [1.29, 1.82) is 0 Å². The summed E-state index contributed by atoms with van der Waals surface area (Å²) in [6, 6.07) is 18.3. The molecule has 1 heterocycles. The van der Waals surface area contributed by atoms with E-state index < -0.39 is 0 Å². The van der Waals surface area contributed by atoms with Crippen LogP contribution in [-0.4, -0.2) is 25.5 Å². The van der Waals surface area contributed by atoms with Crippen molar-refractivity contribution in [2.75, 3.05) is 19.6 Å². The molecule has 2 aromatic rings. The Morgan fingerprint density at radius 1 is 1.04 bits per heavy atom. The van der Waals surface area contributed by atoms with Crippen LogP contribution in [0.5, 0.6) is 5.75 Å². The third kappa shape index (κ3) is 5.06. The summed E-state index contributed by atoms with van der Waals surface area (Å²) in [7, 11) is 0. The molecule has 1 saturated carbocycles. The zero-order valence-corrected chi connectivity index (χ0v) is 17.0. The molecule has 150 valence electrons. The normalized spacial score (nSPS) is 19.5. The van der Waals surface area contributed by atoms with Crippen LogP contribution in [0, 0.1) is 11.3 Å². The first-order chi connectivity index (χ1) is 13.3. The van der Waals surface area contributed by atoms with Crippen molar-refractivity contribution in [2.45, 2.75) is 32.3 Å². The van der Waals surface area contributed by atoms with E-state index in [0.717, 1.165) is 50.1 Å². The lowest BCUT2D eigenvalue weighted by Crippen LogP contribution is -2.34. The van der Waals surface area contributed by atoms with Gasteiger partial charge in [0.15, 0.2) is 0 Å². The van der Waals surface area contributed by atoms with Gasteiger partial charge in [-0.3, -0.25) is 4.79 Å². The molecular weight excluding hydrogens is 372 g/mol. The van der Waals surface area contributed by atoms with Crippen molar-refractivity contribution in [3.63, 3.8) is 0 Å². The number of carbonyl (C=O) groups excluding carboxylic acids is 1. The molecule has 1 amide bonds. The molecule has 1 spiro atoms. The number of rotatable bonds is 7. The van der Waals surface area contributed by atoms with E-state index in [-0.39, 0.29) is 24.2 Å². The fourth-order valence-electron chi connectivity index (χ4n) is 4.14. The second-order valence-corrected chi connectivity index (χ2v) is 7.83. The summed E-state index contributed by atoms with van der Waals surface area (Å²) in [5.74, 6) is 1.37. The van der Waals surface area contributed by atoms with Crippen LogP contribution >= 0.6 is 12.4 Å². The van der Waals surface area contributed by atoms with Gasteiger partial charge in [0.1, 0.15) is 12.4 Å². The molecule has 5 heteroatoms. The van der Waals surface area contributed by atoms with E-state index in [1.165, 1.54) is 5.56 Å². The maximum absolute atomic E-state index is 12.4. The van der Waals surface area contributed by atoms with Gasteiger partial charge in [0.2, 0.25) is 5.91 Å². The van der Waals surface area contributed by atoms with E-state index in [1.807, 2.05) is 30.3 Å². The van der Waals surface area contributed by atoms with Gasteiger partial charge in [0.25, 0.3) is 0 Å². The molecule has 0 aromatic heterocycles. The van der Waals surface area contributed by atoms with Gasteiger partial charge in [0.05, 0.1) is 0 Å². The predicted octanol–water partition coefficient (Wildman–Crippen LogP) is 3.74. The zero-order chi connectivity index (χ0) is 18.5. The first-order valence-electron chi connectivity index (χ1n) is 9.99. The lowest BCUT2D eigenvalue weighted by molar-refractivity contribution is -0.123. The van der Waals surface area contributed by atoms with Crippen LogP contribution in [0.2, 0.25) is 0 Å². The molecule has 0 radical (unpaired) electrons. The lowest BCUT2D eigenvalue weighted by Gasteiger charge is -2.23. The molecule has 2 aliphatic rings. The molecular formula is C23H29ClN2O2. The minimum absolute atomic E-state index is 0. The highest BCUT2D eigenvalue weighted by Crippen LogP contribution is 2.58. The van der Waals surface area contributed by atoms with Crippen LogP contribution in [-0.2, 0) is 17.8 Å². The Labute approximate surface area is 173 Å². The first kappa shape index (κ1) is 20.7. The van der Waals surface area contributed by atoms with Gasteiger partial charge >= 0.3 is 0 Å². The molecule has 1 unspecified atom stereocenters. The summed E-state index contributed by atoms with van der Waals surface area (Å²) in [5, 5.41) is 6.52. The van der Waals surface area contributed by atoms with Crippen molar-refractivity contribution < 1.29 is 9.53 Å². The fourth-order valence-corrected chi connectivity index (χ4v) is 4.14. The molecule has 1 aliphatic heterocycles. The van der Waals surface area contributed by atoms with Crippen molar-refractivity contribution in [2.24, 2.45) is 11.3 Å². The lowest BCUT2D eigenvalue weighted by atomic mass is 9.92. The van der Waals surface area contributed by atoms with Crippen LogP contribution in [0.25, 0.3) is 0 Å². The van der Waals surface area contributed by atoms with Crippen molar-refractivity contribution in [1.82, 2.24) is 10.6 Å². The second kappa shape index (κ2) is 9.44. The summed E-state index contributed by atoms with van der Waals surface area (Å²) in [4.78, 5) is 12.4. The molecule has 2 N–H and O–H groups in total. The number of piperidine rings is 1. The Balaban J connectivity index is 0.00000225. The smallest absolute Gasteiger partial charge is 0.223 e. The molecule has 2 aromatic carbocycles. The fraction of sp³-hybridized carbons (Fsp3) is 0.435. The summed E-state index contributed by atoms with van der Waals surface area (Å²) >= 11 is 0. The van der Waals surface area contributed by atoms with E-state index in [1.54, 1.807) is 0 Å². The Bertz CT molecular complexity index is 758. The van der Waals surface area contributed by atoms with Gasteiger partial charge in [-0.15, -0.1) is 12.4 Å². The first-order valence-corrected chi connectivity index (χ1v) is 9.99. The quantitative estimate of drug-likeness (QED) is 0.744. The molecule has 1 saturated heterocycles. The molecule has 1 aliphatic carbocycles. The van der Waals surface area contributed by atoms with Gasteiger partial charge < -0.3 is 15.4 Å². The minimum Gasteiger partial charge on any atom is -0.489 e. The molecule has 4 rings (SSSR count). The van der Waals surface area contributed by atoms with Gasteiger partial charge in [0, 0.05) is 12.5 Å². The van der Waals surface area contributed by atoms with Crippen molar-refractivity contribution in [3.05, 3.63) is 65.7 Å². The Kier molecular flexibility index (Phi) is 6.97. The molecule has 2 fully saturated rings. The average Bonchev–Trinajstić information content (AvgIpc) is 3.41. The molecule has 4 nitrogen and oxygen atoms in total. The number of amides is 1. The Hall–Kier alpha value is -2.04. The van der Waals surface area contributed by atoms with Crippen LogP contribution in [0.4, 0.5) is 0 Å². The van der Waals surface area contributed by atoms with Crippen LogP contribution in [0.15, 0.2) is 54.6 Å². The van der Waals surface area contributed by atoms with E-state index in [4.69, 9.17) is 4.74 Å². The standard InChI is InChI=1S/C23H28N2O2.ClH/c26-22(21-16-23(21)11-14-24-15-12-23)25-13-10-18-6-8-20(9-7-18)27-17-19-4-2-1-3-5-19;/h1-9,21,24H,10-17H2,(H,25,26);1H. The third-order valence-electron chi connectivity index (χ3n) is 5.99. The average molecular weight is 401 g/mol. The van der Waals surface area contributed by atoms with E-state index in [0.29, 0.717) is 18.6 Å². The van der Waals surface area contributed by atoms with E-state index in [9.17, 15) is 4.79 Å². The van der Waals surface area contributed by atoms with E-state index in [2.05, 4.69) is 34.9 Å². The maximum atomic E-state index is 12.4. The van der Waals surface area contributed by atoms with Crippen LogP contribution in [0.3, 0.4) is 0 Å². The SMILES string of the molecule is Cl.O=C(NCCc1ccc(OCc2ccccc2)cc1)C1CC12CCNCC2. The number of carbonyl (C=O) groups is 1. The van der Waals surface area contributed by atoms with E-state index >= 15 is 0 Å². The molecule has 28 heavy (non-hydrogen) atoms. The van der Waals surface area contributed by atoms with Crippen LogP contribution in [0.1, 0.15) is 30.4 Å². The highest BCUT2D eigenvalue weighted by atomic mass is 35.5. The summed E-state index contributed by atoms with van der Waals surface area (Å²) < 4.78 is 5.82. The monoisotopic (exact) mass is 400 g/mol. The van der Waals surface area contributed by atoms with Gasteiger partial charge in [-0.1, -0.05) is 42.5 Å². The largest absolute Gasteiger partial charge is 0.489 e. The highest BCUT2D eigenvalue weighted by molar-refractivity contribution is 5.85. The van der Waals surface area contributed by atoms with Crippen molar-refractivity contribution >= 4 is 18.3 Å². The second-order valence-electron chi connectivity index (χ2n) is 7.83. The maximum Gasteiger partial charge on any atom is 0.223 e. The van der Waals surface area contributed by atoms with Gasteiger partial charge in [-0.25, -0.2) is 0 Å². The zero-order valence-electron chi connectivity index (χ0n) is 16.2. The number of benzene rings is 2. The Morgan fingerprint density at radius 3 is 2.46 bits per heavy atom. The van der Waals surface area contributed by atoms with Crippen LogP contribution < -0.4 is 15.4 Å². The summed E-state index contributed by atoms with van der Waals surface area (Å²) in [6.45, 7) is 3.40. The number of nitrogens with one attached hydrogen (secondary N) is 2. The van der Waals surface area contributed by atoms with Gasteiger partial charge in [-0.2, -0.15) is 0 Å². The third-order valence-corrected chi connectivity index (χ3v) is 5.99. The topological polar surface area (TPSA) is 50.4 Å². The molecule has 1 atom stereocenters.